The van der Waals surface area contributed by atoms with E-state index < -0.39 is 22.8 Å². The number of hydrogen-bond acceptors (Lipinski definition) is 7. The van der Waals surface area contributed by atoms with Crippen molar-refractivity contribution in [3.05, 3.63) is 337 Å². The van der Waals surface area contributed by atoms with Gasteiger partial charge in [-0.15, -0.1) is 34.0 Å². The van der Waals surface area contributed by atoms with Crippen molar-refractivity contribution in [1.82, 2.24) is 14.1 Å². The minimum absolute atomic E-state index is 0. The van der Waals surface area contributed by atoms with Crippen LogP contribution in [0.4, 0.5) is 8.78 Å². The first kappa shape index (κ1) is 68.3. The first-order chi connectivity index (χ1) is 52.3. The molecule has 1 N–H and O–H groups in total. The maximum atomic E-state index is 15.0. The van der Waals surface area contributed by atoms with Gasteiger partial charge in [-0.1, -0.05) is 256 Å². The van der Waals surface area contributed by atoms with Gasteiger partial charge in [0.1, 0.15) is 24.3 Å². The van der Waals surface area contributed by atoms with E-state index in [2.05, 4.69) is 233 Å². The van der Waals surface area contributed by atoms with E-state index in [4.69, 9.17) is 0 Å². The summed E-state index contributed by atoms with van der Waals surface area (Å²) in [5.74, 6) is -1.78. The Morgan fingerprint density at radius 3 is 0.963 bits per heavy atom. The van der Waals surface area contributed by atoms with Crippen LogP contribution < -0.4 is 29.6 Å². The molecule has 0 amide bonds. The van der Waals surface area contributed by atoms with Crippen molar-refractivity contribution in [2.75, 3.05) is 0 Å². The average molecular weight is 1450 g/mol. The fourth-order valence-corrected chi connectivity index (χ4v) is 19.7. The SMILES string of the molecule is C.N#Cc1c(-c2ccccc2)c(-n2c3ccccc3c3c4sc5ccccc5c4ccc32)c(C#N)c(-c2ccccc2)c1-n1c2ccccc2c2c3sc4ccccc4c3ccc21.N#Cc1c(F)c(-c2ccccc2)c(C#N)c(F)c1-c1ccccc1.[H-].[Na+].c1ccc2c(c1)[nH]c1ccc3c4ccccc4sc3c12. The van der Waals surface area contributed by atoms with E-state index in [-0.39, 0.29) is 49.5 Å². The van der Waals surface area contributed by atoms with Crippen LogP contribution in [0.25, 0.3) is 182 Å². The molecule has 0 bridgehead atoms. The number of rotatable bonds is 6. The number of hydrogen-bond donors (Lipinski definition) is 1. The topological polar surface area (TPSA) is 121 Å². The Balaban J connectivity index is 0.000000157. The fourth-order valence-electron chi connectivity index (χ4n) is 15.9. The summed E-state index contributed by atoms with van der Waals surface area (Å²) in [5.41, 5.74) is 11.4. The molecule has 0 spiro atoms. The molecule has 7 nitrogen and oxygen atoms in total. The van der Waals surface area contributed by atoms with E-state index in [0.717, 1.165) is 54.7 Å². The third kappa shape index (κ3) is 10.7. The monoisotopic (exact) mass is 1450 g/mol. The number of thiophene rings is 3. The predicted octanol–water partition coefficient (Wildman–Crippen LogP) is 24.2. The molecule has 21 aromatic rings. The normalized spacial score (nSPS) is 11.2. The third-order valence-electron chi connectivity index (χ3n) is 20.3. The average Bonchev–Trinajstić information content (AvgIpc) is 1.65. The minimum atomic E-state index is -0.888. The number of halogens is 2. The fraction of sp³-hybridized carbons (Fsp3) is 0.0105. The molecule has 0 saturated heterocycles. The Bertz CT molecular complexity index is 7070. The summed E-state index contributed by atoms with van der Waals surface area (Å²) >= 11 is 5.50. The second-order valence-corrected chi connectivity index (χ2v) is 29.1. The first-order valence-electron chi connectivity index (χ1n) is 34.4. The molecule has 0 aliphatic heterocycles. The molecular formula is C95H56F2N7NaS3. The van der Waals surface area contributed by atoms with E-state index >= 15 is 0 Å². The first-order valence-corrected chi connectivity index (χ1v) is 36.9. The molecule has 21 rings (SSSR count). The Hall–Kier alpha value is -12.8. The van der Waals surface area contributed by atoms with Crippen LogP contribution in [0.5, 0.6) is 0 Å². The number of nitrogens with zero attached hydrogens (tertiary/aromatic N) is 6. The summed E-state index contributed by atoms with van der Waals surface area (Å²) in [7, 11) is 0. The van der Waals surface area contributed by atoms with Crippen molar-refractivity contribution in [2.24, 2.45) is 0 Å². The van der Waals surface area contributed by atoms with E-state index in [9.17, 15) is 29.8 Å². The zero-order chi connectivity index (χ0) is 71.3. The Morgan fingerprint density at radius 1 is 0.278 bits per heavy atom. The molecule has 0 aliphatic rings. The predicted molar refractivity (Wildman–Crippen MR) is 444 cm³/mol. The van der Waals surface area contributed by atoms with Crippen LogP contribution in [-0.4, -0.2) is 14.1 Å². The summed E-state index contributed by atoms with van der Waals surface area (Å²) in [6, 6.07) is 111. The standard InChI is InChI=1S/C56H30N4S2.C20H10F2N2.C18H11NS.CH4.Na.H/c57-31-41-49(33-15-3-1-4-16-33)53(59-43-23-11-7-21-39(43)51-45(59)29-27-37-35-19-9-13-25-47(35)61-55(37)51)42(32-58)50(34-17-5-2-6-18-34)54(41)60-44-24-12-8-22-40(44)52-46(60)30-28-38-36-20-10-14-26-48(36)62-56(38)52;21-19-16(12-24)18(14-9-5-2-6-10-14)20(22)15(11-23)17(19)13-7-3-1-4-8-13;1-3-7-14-13(6-1)17-15(19-14)10-9-12-11-5-2-4-8-16(11)20-18(12)17;;;/h1-30H;1-10H;1-10,19H;1H4;;/q;;;;+1;-1. The number of nitriles is 4. The summed E-state index contributed by atoms with van der Waals surface area (Å²) < 4.78 is 42.1. The molecule has 6 aromatic heterocycles. The van der Waals surface area contributed by atoms with Crippen LogP contribution in [0.3, 0.4) is 0 Å². The van der Waals surface area contributed by atoms with E-state index in [1.165, 1.54) is 82.3 Å². The van der Waals surface area contributed by atoms with Gasteiger partial charge in [0, 0.05) is 126 Å². The number of aromatic nitrogens is 3. The summed E-state index contributed by atoms with van der Waals surface area (Å²) in [4.78, 5) is 3.52. The largest absolute Gasteiger partial charge is 1.00 e. The van der Waals surface area contributed by atoms with Gasteiger partial charge in [0.15, 0.2) is 11.6 Å². The number of fused-ring (bicyclic) bond motifs is 21. The number of H-pyrrole nitrogens is 1. The number of aromatic amines is 1. The molecule has 0 unspecified atom stereocenters. The van der Waals surface area contributed by atoms with Crippen LogP contribution >= 0.6 is 34.0 Å². The van der Waals surface area contributed by atoms with Crippen molar-refractivity contribution in [3.63, 3.8) is 0 Å². The molecule has 504 valence electrons. The van der Waals surface area contributed by atoms with Gasteiger partial charge in [-0.2, -0.15) is 21.0 Å². The van der Waals surface area contributed by atoms with Gasteiger partial charge in [0.2, 0.25) is 0 Å². The van der Waals surface area contributed by atoms with Crippen LogP contribution in [0.15, 0.2) is 303 Å². The van der Waals surface area contributed by atoms with Crippen molar-refractivity contribution < 1.29 is 39.8 Å². The van der Waals surface area contributed by atoms with Gasteiger partial charge in [0.05, 0.1) is 55.7 Å². The number of benzene rings is 15. The molecule has 15 aromatic carbocycles. The van der Waals surface area contributed by atoms with Gasteiger partial charge in [-0.25, -0.2) is 8.78 Å². The molecule has 0 fully saturated rings. The summed E-state index contributed by atoms with van der Waals surface area (Å²) in [6.07, 6.45) is 0. The Labute approximate surface area is 654 Å². The molecule has 0 atom stereocenters. The molecular weight excluding hydrogens is 1400 g/mol. The molecule has 0 radical (unpaired) electrons. The summed E-state index contributed by atoms with van der Waals surface area (Å²) in [6.45, 7) is 0. The molecule has 0 saturated carbocycles. The van der Waals surface area contributed by atoms with Gasteiger partial charge in [-0.3, -0.25) is 0 Å². The maximum absolute atomic E-state index is 15.0. The Kier molecular flexibility index (Phi) is 17.6. The second kappa shape index (κ2) is 27.9. The minimum Gasteiger partial charge on any atom is -1.00 e. The molecule has 0 aliphatic carbocycles. The van der Waals surface area contributed by atoms with Crippen molar-refractivity contribution in [2.45, 2.75) is 7.43 Å². The van der Waals surface area contributed by atoms with E-state index in [1.54, 1.807) is 95.5 Å². The zero-order valence-corrected chi connectivity index (χ0v) is 61.5. The van der Waals surface area contributed by atoms with Crippen LogP contribution in [0, 0.1) is 57.0 Å². The van der Waals surface area contributed by atoms with Crippen molar-refractivity contribution in [3.8, 4) is 80.2 Å². The summed E-state index contributed by atoms with van der Waals surface area (Å²) in [5, 5.41) is 57.4. The van der Waals surface area contributed by atoms with Crippen LogP contribution in [0.2, 0.25) is 0 Å². The van der Waals surface area contributed by atoms with Crippen molar-refractivity contribution >= 4 is 160 Å². The zero-order valence-electron chi connectivity index (χ0n) is 58.0. The maximum Gasteiger partial charge on any atom is 1.00 e. The molecule has 6 heterocycles. The Morgan fingerprint density at radius 2 is 0.583 bits per heavy atom. The van der Waals surface area contributed by atoms with Gasteiger partial charge in [-0.05, 0) is 76.9 Å². The van der Waals surface area contributed by atoms with E-state index in [1.807, 2.05) is 47.7 Å². The van der Waals surface area contributed by atoms with Gasteiger partial charge >= 0.3 is 29.6 Å². The van der Waals surface area contributed by atoms with Crippen LogP contribution in [0.1, 0.15) is 31.1 Å². The molecule has 108 heavy (non-hydrogen) atoms. The van der Waals surface area contributed by atoms with Crippen molar-refractivity contribution in [1.29, 1.82) is 21.0 Å². The number of nitrogens with one attached hydrogen (secondary N) is 1. The van der Waals surface area contributed by atoms with Crippen LogP contribution in [-0.2, 0) is 0 Å². The number of para-hydroxylation sites is 3. The molecule has 13 heteroatoms. The second-order valence-electron chi connectivity index (χ2n) is 25.9. The van der Waals surface area contributed by atoms with Gasteiger partial charge < -0.3 is 15.5 Å². The smallest absolute Gasteiger partial charge is 1.00 e. The van der Waals surface area contributed by atoms with Gasteiger partial charge in [0.25, 0.3) is 0 Å². The van der Waals surface area contributed by atoms with E-state index in [0.29, 0.717) is 44.8 Å². The third-order valence-corrected chi connectivity index (χ3v) is 24.0. The quantitative estimate of drug-likeness (QED) is 0.167.